The van der Waals surface area contributed by atoms with Crippen LogP contribution < -0.4 is 15.0 Å². The van der Waals surface area contributed by atoms with Crippen molar-refractivity contribution in [1.82, 2.24) is 10.2 Å². The minimum atomic E-state index is -0.185. The number of halogens is 2. The molecule has 2 heterocycles. The van der Waals surface area contributed by atoms with Crippen LogP contribution in [0.2, 0.25) is 0 Å². The van der Waals surface area contributed by atoms with E-state index in [0.29, 0.717) is 24.0 Å². The summed E-state index contributed by atoms with van der Waals surface area (Å²) in [7, 11) is 1.91. The van der Waals surface area contributed by atoms with Gasteiger partial charge < -0.3 is 15.0 Å². The number of hydrogen-bond donors (Lipinski definition) is 1. The molecule has 6 nitrogen and oxygen atoms in total. The lowest BCUT2D eigenvalue weighted by molar-refractivity contribution is -0.133. The molecule has 1 aromatic rings. The highest BCUT2D eigenvalue weighted by molar-refractivity contribution is 9.10. The Kier molecular flexibility index (Phi) is 6.48. The van der Waals surface area contributed by atoms with E-state index in [9.17, 15) is 9.59 Å². The Morgan fingerprint density at radius 2 is 2.25 bits per heavy atom. The molecule has 1 saturated heterocycles. The van der Waals surface area contributed by atoms with Gasteiger partial charge >= 0.3 is 0 Å². The monoisotopic (exact) mass is 417 g/mol. The molecule has 1 fully saturated rings. The normalized spacial score (nSPS) is 20.1. The summed E-state index contributed by atoms with van der Waals surface area (Å²) in [6, 6.07) is 5.79. The lowest BCUT2D eigenvalue weighted by Crippen LogP contribution is -2.51. The van der Waals surface area contributed by atoms with Crippen LogP contribution in [0, 0.1) is 0 Å². The van der Waals surface area contributed by atoms with Crippen LogP contribution in [0.3, 0.4) is 0 Å². The molecule has 2 aliphatic rings. The fourth-order valence-corrected chi connectivity index (χ4v) is 3.37. The van der Waals surface area contributed by atoms with Crippen molar-refractivity contribution in [1.29, 1.82) is 0 Å². The van der Waals surface area contributed by atoms with Crippen LogP contribution in [-0.4, -0.2) is 56.0 Å². The summed E-state index contributed by atoms with van der Waals surface area (Å²) < 4.78 is 6.33. The average Bonchev–Trinajstić information content (AvgIpc) is 2.57. The number of likely N-dealkylation sites (N-methyl/N-ethyl adjacent to an activating group) is 1. The van der Waals surface area contributed by atoms with E-state index in [0.717, 1.165) is 23.9 Å². The molecule has 0 radical (unpaired) electrons. The molecule has 1 N–H and O–H groups in total. The minimum Gasteiger partial charge on any atom is -0.482 e. The molecule has 3 rings (SSSR count). The number of anilines is 1. The van der Waals surface area contributed by atoms with Crippen molar-refractivity contribution in [2.24, 2.45) is 0 Å². The second-order valence-electron chi connectivity index (χ2n) is 5.85. The lowest BCUT2D eigenvalue weighted by atomic mass is 10.1. The highest BCUT2D eigenvalue weighted by Gasteiger charge is 2.30. The fraction of sp³-hybridized carbons (Fsp3) is 0.500. The number of likely N-dealkylation sites (tertiary alicyclic amines) is 1. The Morgan fingerprint density at radius 1 is 1.46 bits per heavy atom. The van der Waals surface area contributed by atoms with Gasteiger partial charge in [0.25, 0.3) is 5.91 Å². The fourth-order valence-electron chi connectivity index (χ4n) is 3.03. The zero-order valence-corrected chi connectivity index (χ0v) is 15.9. The first-order chi connectivity index (χ1) is 11.1. The maximum absolute atomic E-state index is 12.6. The minimum absolute atomic E-state index is 0. The van der Waals surface area contributed by atoms with Gasteiger partial charge in [0, 0.05) is 23.6 Å². The number of carbonyl (C=O) groups excluding carboxylic acids is 2. The number of ether oxygens (including phenoxy) is 1. The number of amides is 2. The van der Waals surface area contributed by atoms with Crippen molar-refractivity contribution < 1.29 is 14.3 Å². The Bertz CT molecular complexity index is 629. The molecule has 8 heteroatoms. The van der Waals surface area contributed by atoms with Gasteiger partial charge in [-0.2, -0.15) is 0 Å². The first-order valence-electron chi connectivity index (χ1n) is 7.76. The number of piperidine rings is 1. The Morgan fingerprint density at radius 3 is 3.00 bits per heavy atom. The second kappa shape index (κ2) is 8.18. The summed E-state index contributed by atoms with van der Waals surface area (Å²) >= 11 is 3.39. The smallest absolute Gasteiger partial charge is 0.265 e. The van der Waals surface area contributed by atoms with E-state index in [1.165, 1.54) is 4.90 Å². The molecule has 2 amide bonds. The molecular formula is C16H21BrClN3O3. The largest absolute Gasteiger partial charge is 0.482 e. The quantitative estimate of drug-likeness (QED) is 0.813. The van der Waals surface area contributed by atoms with Crippen molar-refractivity contribution in [3.63, 3.8) is 0 Å². The Labute approximate surface area is 156 Å². The molecule has 0 saturated carbocycles. The van der Waals surface area contributed by atoms with Gasteiger partial charge in [0.05, 0.1) is 5.69 Å². The highest BCUT2D eigenvalue weighted by Crippen LogP contribution is 2.34. The third-order valence-corrected chi connectivity index (χ3v) is 4.83. The van der Waals surface area contributed by atoms with Crippen molar-refractivity contribution in [2.45, 2.75) is 18.9 Å². The molecule has 1 atom stereocenters. The standard InChI is InChI=1S/C16H20BrN3O3.ClH/c1-18-12-3-2-6-19(8-12)15(21)9-20-13-5-4-11(17)7-14(13)23-10-16(20)22;/h4-5,7,12,18H,2-3,6,8-10H2,1H3;1H. The molecule has 0 spiro atoms. The third kappa shape index (κ3) is 4.02. The molecule has 24 heavy (non-hydrogen) atoms. The molecule has 132 valence electrons. The van der Waals surface area contributed by atoms with E-state index in [1.54, 1.807) is 6.07 Å². The van der Waals surface area contributed by atoms with E-state index < -0.39 is 0 Å². The summed E-state index contributed by atoms with van der Waals surface area (Å²) in [6.45, 7) is 1.48. The van der Waals surface area contributed by atoms with Gasteiger partial charge in [-0.15, -0.1) is 12.4 Å². The highest BCUT2D eigenvalue weighted by atomic mass is 79.9. The van der Waals surface area contributed by atoms with Crippen molar-refractivity contribution in [3.8, 4) is 5.75 Å². The Hall–Kier alpha value is -1.31. The third-order valence-electron chi connectivity index (χ3n) is 4.34. The van der Waals surface area contributed by atoms with Crippen LogP contribution >= 0.6 is 28.3 Å². The number of rotatable bonds is 3. The van der Waals surface area contributed by atoms with E-state index in [4.69, 9.17) is 4.74 Å². The number of hydrogen-bond acceptors (Lipinski definition) is 4. The maximum Gasteiger partial charge on any atom is 0.265 e. The van der Waals surface area contributed by atoms with E-state index in [1.807, 2.05) is 24.1 Å². The van der Waals surface area contributed by atoms with Gasteiger partial charge in [0.1, 0.15) is 12.3 Å². The summed E-state index contributed by atoms with van der Waals surface area (Å²) in [6.07, 6.45) is 2.06. The average molecular weight is 419 g/mol. The van der Waals surface area contributed by atoms with Crippen LogP contribution in [-0.2, 0) is 9.59 Å². The number of carbonyl (C=O) groups is 2. The van der Waals surface area contributed by atoms with E-state index in [2.05, 4.69) is 21.2 Å². The number of nitrogens with one attached hydrogen (secondary N) is 1. The van der Waals surface area contributed by atoms with Gasteiger partial charge in [-0.3, -0.25) is 14.5 Å². The van der Waals surface area contributed by atoms with Gasteiger partial charge in [-0.1, -0.05) is 15.9 Å². The predicted octanol–water partition coefficient (Wildman–Crippen LogP) is 1.81. The molecule has 1 aromatic carbocycles. The van der Waals surface area contributed by atoms with E-state index in [-0.39, 0.29) is 37.4 Å². The second-order valence-corrected chi connectivity index (χ2v) is 6.76. The molecule has 1 unspecified atom stereocenters. The molecule has 0 aliphatic carbocycles. The van der Waals surface area contributed by atoms with Crippen LogP contribution in [0.1, 0.15) is 12.8 Å². The first-order valence-corrected chi connectivity index (χ1v) is 8.55. The predicted molar refractivity (Wildman–Crippen MR) is 97.9 cm³/mol. The topological polar surface area (TPSA) is 61.9 Å². The molecule has 2 aliphatic heterocycles. The summed E-state index contributed by atoms with van der Waals surface area (Å²) in [5.74, 6) is 0.419. The van der Waals surface area contributed by atoms with Crippen molar-refractivity contribution in [2.75, 3.05) is 38.2 Å². The van der Waals surface area contributed by atoms with Gasteiger partial charge in [0.15, 0.2) is 6.61 Å². The zero-order chi connectivity index (χ0) is 16.4. The van der Waals surface area contributed by atoms with Crippen LogP contribution in [0.4, 0.5) is 5.69 Å². The lowest BCUT2D eigenvalue weighted by Gasteiger charge is -2.35. The van der Waals surface area contributed by atoms with Crippen LogP contribution in [0.15, 0.2) is 22.7 Å². The van der Waals surface area contributed by atoms with E-state index >= 15 is 0 Å². The molecule has 0 bridgehead atoms. The summed E-state index contributed by atoms with van der Waals surface area (Å²) in [5.41, 5.74) is 0.653. The number of benzene rings is 1. The van der Waals surface area contributed by atoms with Gasteiger partial charge in [-0.25, -0.2) is 0 Å². The van der Waals surface area contributed by atoms with Crippen LogP contribution in [0.25, 0.3) is 0 Å². The summed E-state index contributed by atoms with van der Waals surface area (Å²) in [4.78, 5) is 28.2. The molecular weight excluding hydrogens is 398 g/mol. The Balaban J connectivity index is 0.00000208. The first kappa shape index (κ1) is 19.0. The van der Waals surface area contributed by atoms with Crippen molar-refractivity contribution >= 4 is 45.8 Å². The van der Waals surface area contributed by atoms with Gasteiger partial charge in [0.2, 0.25) is 5.91 Å². The van der Waals surface area contributed by atoms with Crippen LogP contribution in [0.5, 0.6) is 5.75 Å². The summed E-state index contributed by atoms with van der Waals surface area (Å²) in [5, 5.41) is 3.22. The number of fused-ring (bicyclic) bond motifs is 1. The van der Waals surface area contributed by atoms with Gasteiger partial charge in [-0.05, 0) is 38.1 Å². The SMILES string of the molecule is CNC1CCCN(C(=O)CN2C(=O)COc3cc(Br)ccc32)C1.Cl. The zero-order valence-electron chi connectivity index (χ0n) is 13.5. The molecule has 0 aromatic heterocycles. The number of nitrogens with zero attached hydrogens (tertiary/aromatic N) is 2. The maximum atomic E-state index is 12.6. The van der Waals surface area contributed by atoms with Crippen molar-refractivity contribution in [3.05, 3.63) is 22.7 Å².